The van der Waals surface area contributed by atoms with Crippen molar-refractivity contribution in [3.05, 3.63) is 82.0 Å². The quantitative estimate of drug-likeness (QED) is 0.283. The van der Waals surface area contributed by atoms with E-state index in [1.807, 2.05) is 30.3 Å². The first kappa shape index (κ1) is 38.5. The number of anilines is 3. The number of nitrogens with zero attached hydrogens (tertiary/aromatic N) is 7. The van der Waals surface area contributed by atoms with E-state index in [1.54, 1.807) is 6.07 Å². The van der Waals surface area contributed by atoms with Crippen LogP contribution in [0, 0.1) is 28.6 Å². The van der Waals surface area contributed by atoms with Crippen molar-refractivity contribution in [3.63, 3.8) is 0 Å². The zero-order valence-electron chi connectivity index (χ0n) is 33.2. The SMILES string of the molecule is C[C@H]1CC2(CCN(c3ccc(CN4CCC(C5CCN(c6ccc7c(c6)C(=O)N(C6CCC(=O)NC6=O)C7=O)CC5)CC4)cn3)CC2)CN1c1ccc(C#N)c(Cl)c1. The Kier molecular flexibility index (Phi) is 10.4. The molecular weight excluding hydrogens is 752 g/mol. The number of hydrogen-bond donors (Lipinski definition) is 1. The third-order valence-corrected chi connectivity index (χ3v) is 14.5. The predicted octanol–water partition coefficient (Wildman–Crippen LogP) is 6.02. The number of nitriles is 1. The normalized spacial score (nSPS) is 24.4. The standard InChI is InChI=1S/C45H51ClN8O4/c1-29-24-45(28-53(29)35-4-3-33(25-47)38(46)23-35)14-20-52(21-15-45)40-8-2-30(26-48-40)27-50-16-10-31(11-17-50)32-12-18-51(19-13-32)34-5-6-36-37(22-34)44(58)54(43(36)57)39-7-9-41(55)49-42(39)56/h2-6,8,22-23,26,29,31-32,39H,7,9-21,24,27-28H2,1H3,(H,49,55,56)/t29-,39?/m0/s1. The van der Waals surface area contributed by atoms with Crippen molar-refractivity contribution < 1.29 is 19.2 Å². The van der Waals surface area contributed by atoms with E-state index in [0.717, 1.165) is 100 Å². The van der Waals surface area contributed by atoms with Gasteiger partial charge in [0, 0.05) is 69.3 Å². The van der Waals surface area contributed by atoms with Gasteiger partial charge in [0.05, 0.1) is 21.7 Å². The Bertz CT molecular complexity index is 2150. The zero-order valence-corrected chi connectivity index (χ0v) is 33.9. The number of imide groups is 2. The van der Waals surface area contributed by atoms with Crippen molar-refractivity contribution in [2.45, 2.75) is 83.3 Å². The molecule has 9 rings (SSSR count). The molecule has 1 aromatic heterocycles. The van der Waals surface area contributed by atoms with E-state index < -0.39 is 23.8 Å². The Morgan fingerprint density at radius 2 is 1.53 bits per heavy atom. The number of amides is 4. The first-order valence-corrected chi connectivity index (χ1v) is 21.4. The van der Waals surface area contributed by atoms with Gasteiger partial charge >= 0.3 is 0 Å². The highest BCUT2D eigenvalue weighted by Crippen LogP contribution is 2.46. The number of rotatable bonds is 7. The molecule has 5 fully saturated rings. The van der Waals surface area contributed by atoms with Crippen molar-refractivity contribution in [2.24, 2.45) is 17.3 Å². The second-order valence-corrected chi connectivity index (χ2v) is 18.0. The molecule has 302 valence electrons. The Morgan fingerprint density at radius 1 is 0.828 bits per heavy atom. The molecule has 2 aromatic carbocycles. The van der Waals surface area contributed by atoms with Crippen LogP contribution in [0.2, 0.25) is 5.02 Å². The smallest absolute Gasteiger partial charge is 0.262 e. The van der Waals surface area contributed by atoms with E-state index in [4.69, 9.17) is 16.6 Å². The van der Waals surface area contributed by atoms with Crippen LogP contribution in [0.25, 0.3) is 0 Å². The Balaban J connectivity index is 0.720. The Morgan fingerprint density at radius 3 is 2.21 bits per heavy atom. The number of halogens is 1. The number of aromatic nitrogens is 1. The maximum atomic E-state index is 13.4. The maximum absolute atomic E-state index is 13.4. The third kappa shape index (κ3) is 7.32. The van der Waals surface area contributed by atoms with Crippen LogP contribution in [-0.4, -0.2) is 96.3 Å². The van der Waals surface area contributed by atoms with Gasteiger partial charge in [-0.2, -0.15) is 5.26 Å². The lowest BCUT2D eigenvalue weighted by Crippen LogP contribution is -2.54. The summed E-state index contributed by atoms with van der Waals surface area (Å²) in [5, 5.41) is 12.1. The molecule has 12 nitrogen and oxygen atoms in total. The summed E-state index contributed by atoms with van der Waals surface area (Å²) in [4.78, 5) is 66.4. The molecule has 0 aliphatic carbocycles. The minimum Gasteiger partial charge on any atom is -0.371 e. The lowest BCUT2D eigenvalue weighted by atomic mass is 9.77. The van der Waals surface area contributed by atoms with Gasteiger partial charge in [0.1, 0.15) is 17.9 Å². The van der Waals surface area contributed by atoms with Crippen molar-refractivity contribution >= 4 is 52.4 Å². The van der Waals surface area contributed by atoms with Gasteiger partial charge in [-0.15, -0.1) is 0 Å². The molecular formula is C45H51ClN8O4. The van der Waals surface area contributed by atoms with Crippen molar-refractivity contribution in [1.82, 2.24) is 20.1 Å². The molecule has 1 spiro atoms. The van der Waals surface area contributed by atoms with Crippen molar-refractivity contribution in [3.8, 4) is 6.07 Å². The molecule has 1 N–H and O–H groups in total. The molecule has 0 bridgehead atoms. The summed E-state index contributed by atoms with van der Waals surface area (Å²) in [5.41, 5.74) is 4.78. The van der Waals surface area contributed by atoms with Crippen molar-refractivity contribution in [2.75, 3.05) is 60.5 Å². The maximum Gasteiger partial charge on any atom is 0.262 e. The molecule has 58 heavy (non-hydrogen) atoms. The Labute approximate surface area is 345 Å². The van der Waals surface area contributed by atoms with Gasteiger partial charge in [0.2, 0.25) is 11.8 Å². The summed E-state index contributed by atoms with van der Waals surface area (Å²) in [6.07, 6.45) is 10.4. The number of fused-ring (bicyclic) bond motifs is 1. The highest BCUT2D eigenvalue weighted by molar-refractivity contribution is 6.32. The lowest BCUT2D eigenvalue weighted by molar-refractivity contribution is -0.136. The van der Waals surface area contributed by atoms with Crippen LogP contribution in [0.5, 0.6) is 0 Å². The number of carbonyl (C=O) groups excluding carboxylic acids is 4. The van der Waals surface area contributed by atoms with Gasteiger partial charge in [0.15, 0.2) is 0 Å². The van der Waals surface area contributed by atoms with Gasteiger partial charge in [-0.1, -0.05) is 17.7 Å². The monoisotopic (exact) mass is 802 g/mol. The highest BCUT2D eigenvalue weighted by atomic mass is 35.5. The van der Waals surface area contributed by atoms with Gasteiger partial charge < -0.3 is 14.7 Å². The molecule has 2 atom stereocenters. The highest BCUT2D eigenvalue weighted by Gasteiger charge is 2.46. The molecule has 0 radical (unpaired) electrons. The van der Waals surface area contributed by atoms with E-state index in [-0.39, 0.29) is 24.2 Å². The van der Waals surface area contributed by atoms with Crippen molar-refractivity contribution in [1.29, 1.82) is 5.26 Å². The van der Waals surface area contributed by atoms with Crippen LogP contribution >= 0.6 is 11.6 Å². The van der Waals surface area contributed by atoms with Crippen LogP contribution in [0.1, 0.15) is 96.6 Å². The minimum absolute atomic E-state index is 0.107. The molecule has 6 aliphatic rings. The van der Waals surface area contributed by atoms with E-state index in [2.05, 4.69) is 56.2 Å². The third-order valence-electron chi connectivity index (χ3n) is 14.2. The molecule has 4 amide bonds. The van der Waals surface area contributed by atoms with Crippen LogP contribution in [-0.2, 0) is 16.1 Å². The Hall–Kier alpha value is -4.99. The summed E-state index contributed by atoms with van der Waals surface area (Å²) in [5.74, 6) is 0.560. The fourth-order valence-corrected chi connectivity index (χ4v) is 11.0. The number of piperidine rings is 4. The topological polar surface area (TPSA) is 133 Å². The number of pyridine rings is 1. The number of benzene rings is 2. The van der Waals surface area contributed by atoms with E-state index in [1.165, 1.54) is 24.8 Å². The first-order valence-electron chi connectivity index (χ1n) is 21.1. The largest absolute Gasteiger partial charge is 0.371 e. The van der Waals surface area contributed by atoms with Gasteiger partial charge in [-0.3, -0.25) is 34.3 Å². The second kappa shape index (κ2) is 15.6. The summed E-state index contributed by atoms with van der Waals surface area (Å²) >= 11 is 6.39. The van der Waals surface area contributed by atoms with Gasteiger partial charge in [-0.05, 0) is 137 Å². The molecule has 7 heterocycles. The average Bonchev–Trinajstić information content (AvgIpc) is 3.69. The summed E-state index contributed by atoms with van der Waals surface area (Å²) < 4.78 is 0. The molecule has 6 aliphatic heterocycles. The molecule has 3 aromatic rings. The van der Waals surface area contributed by atoms with E-state index in [0.29, 0.717) is 39.6 Å². The summed E-state index contributed by atoms with van der Waals surface area (Å²) in [7, 11) is 0. The fourth-order valence-electron chi connectivity index (χ4n) is 10.8. The number of likely N-dealkylation sites (tertiary alicyclic amines) is 1. The van der Waals surface area contributed by atoms with E-state index in [9.17, 15) is 24.4 Å². The van der Waals surface area contributed by atoms with Crippen LogP contribution < -0.4 is 20.0 Å². The zero-order chi connectivity index (χ0) is 40.1. The predicted molar refractivity (Wildman–Crippen MR) is 222 cm³/mol. The second-order valence-electron chi connectivity index (χ2n) is 17.6. The van der Waals surface area contributed by atoms with Crippen LogP contribution in [0.4, 0.5) is 17.2 Å². The summed E-state index contributed by atoms with van der Waals surface area (Å²) in [6.45, 7) is 10.3. The number of nitrogens with one attached hydrogen (secondary N) is 1. The fraction of sp³-hybridized carbons (Fsp3) is 0.511. The minimum atomic E-state index is -0.953. The summed E-state index contributed by atoms with van der Waals surface area (Å²) in [6, 6.07) is 17.4. The average molecular weight is 803 g/mol. The van der Waals surface area contributed by atoms with E-state index >= 15 is 0 Å². The first-order chi connectivity index (χ1) is 28.1. The number of hydrogen-bond acceptors (Lipinski definition) is 10. The van der Waals surface area contributed by atoms with Crippen LogP contribution in [0.15, 0.2) is 54.7 Å². The molecule has 0 saturated carbocycles. The molecule has 1 unspecified atom stereocenters. The lowest BCUT2D eigenvalue weighted by Gasteiger charge is -2.41. The van der Waals surface area contributed by atoms with Crippen LogP contribution in [0.3, 0.4) is 0 Å². The molecule has 13 heteroatoms. The number of carbonyl (C=O) groups is 4. The van der Waals surface area contributed by atoms with Gasteiger partial charge in [0.25, 0.3) is 11.8 Å². The van der Waals surface area contributed by atoms with Gasteiger partial charge in [-0.25, -0.2) is 4.98 Å². The molecule has 5 saturated heterocycles.